The Hall–Kier alpha value is -3.55. The molecule has 0 amide bonds. The third kappa shape index (κ3) is 5.26. The van der Waals surface area contributed by atoms with E-state index in [1.165, 1.54) is 24.3 Å². The Labute approximate surface area is 201 Å². The van der Waals surface area contributed by atoms with Crippen LogP contribution in [0, 0.1) is 17.0 Å². The highest BCUT2D eigenvalue weighted by molar-refractivity contribution is 6.06. The van der Waals surface area contributed by atoms with Crippen molar-refractivity contribution >= 4 is 11.9 Å². The molecular weight excluding hydrogens is 458 g/mol. The van der Waals surface area contributed by atoms with E-state index in [2.05, 4.69) is 15.1 Å². The first-order valence-corrected chi connectivity index (χ1v) is 11.2. The molecule has 1 atom stereocenters. The Morgan fingerprint density at radius 1 is 1.14 bits per heavy atom. The van der Waals surface area contributed by atoms with Gasteiger partial charge in [-0.3, -0.25) is 9.98 Å². The number of hydrogen-bond acceptors (Lipinski definition) is 4. The fourth-order valence-electron chi connectivity index (χ4n) is 4.16. The SMILES string of the molecule is CN=CC1(C)CC(c2cccc(F)c2F)=N/C1=C/CCc1cc(-c2ccc(C(C)(F)F)cc2)on1. The van der Waals surface area contributed by atoms with Gasteiger partial charge in [-0.05, 0) is 31.9 Å². The lowest BCUT2D eigenvalue weighted by Crippen LogP contribution is -2.19. The molecule has 0 bridgehead atoms. The van der Waals surface area contributed by atoms with E-state index in [1.54, 1.807) is 31.5 Å². The molecule has 3 aromatic rings. The minimum absolute atomic E-state index is 0.0686. The average Bonchev–Trinajstić information content (AvgIpc) is 3.40. The van der Waals surface area contributed by atoms with Gasteiger partial charge in [0.1, 0.15) is 0 Å². The van der Waals surface area contributed by atoms with Gasteiger partial charge in [0.05, 0.1) is 11.4 Å². The third-order valence-corrected chi connectivity index (χ3v) is 6.03. The lowest BCUT2D eigenvalue weighted by molar-refractivity contribution is 0.0175. The Morgan fingerprint density at radius 2 is 1.89 bits per heavy atom. The van der Waals surface area contributed by atoms with E-state index in [1.807, 2.05) is 13.0 Å². The van der Waals surface area contributed by atoms with Crippen molar-refractivity contribution in [2.75, 3.05) is 7.05 Å². The van der Waals surface area contributed by atoms with Crippen LogP contribution >= 0.6 is 0 Å². The Morgan fingerprint density at radius 3 is 2.57 bits per heavy atom. The molecule has 1 unspecified atom stereocenters. The predicted molar refractivity (Wildman–Crippen MR) is 128 cm³/mol. The van der Waals surface area contributed by atoms with Crippen molar-refractivity contribution in [1.29, 1.82) is 0 Å². The third-order valence-electron chi connectivity index (χ3n) is 6.03. The topological polar surface area (TPSA) is 50.8 Å². The van der Waals surface area contributed by atoms with E-state index in [9.17, 15) is 17.6 Å². The van der Waals surface area contributed by atoms with Crippen molar-refractivity contribution in [3.8, 4) is 11.3 Å². The van der Waals surface area contributed by atoms with E-state index in [-0.39, 0.29) is 11.1 Å². The van der Waals surface area contributed by atoms with Crippen LogP contribution in [0.3, 0.4) is 0 Å². The molecule has 0 radical (unpaired) electrons. The molecule has 1 aliphatic rings. The lowest BCUT2D eigenvalue weighted by atomic mass is 9.84. The molecule has 4 rings (SSSR count). The molecule has 0 saturated carbocycles. The number of aryl methyl sites for hydroxylation is 1. The quantitative estimate of drug-likeness (QED) is 0.265. The van der Waals surface area contributed by atoms with Crippen LogP contribution in [0.15, 0.2) is 74.8 Å². The summed E-state index contributed by atoms with van der Waals surface area (Å²) in [7, 11) is 1.66. The number of alkyl halides is 2. The summed E-state index contributed by atoms with van der Waals surface area (Å²) in [6.45, 7) is 2.81. The second-order valence-electron chi connectivity index (χ2n) is 8.92. The maximum atomic E-state index is 14.3. The van der Waals surface area contributed by atoms with Crippen molar-refractivity contribution in [2.45, 2.75) is 39.0 Å². The highest BCUT2D eigenvalue weighted by atomic mass is 19.3. The number of aliphatic imine (C=N–C) groups is 2. The van der Waals surface area contributed by atoms with Crippen LogP contribution in [0.5, 0.6) is 0 Å². The molecule has 0 spiro atoms. The number of rotatable bonds is 7. The van der Waals surface area contributed by atoms with Crippen molar-refractivity contribution in [3.63, 3.8) is 0 Å². The van der Waals surface area contributed by atoms with Crippen LogP contribution in [0.25, 0.3) is 11.3 Å². The van der Waals surface area contributed by atoms with E-state index >= 15 is 0 Å². The van der Waals surface area contributed by atoms with Gasteiger partial charge in [0.15, 0.2) is 17.4 Å². The van der Waals surface area contributed by atoms with Crippen LogP contribution in [0.4, 0.5) is 17.6 Å². The van der Waals surface area contributed by atoms with Crippen LogP contribution in [-0.4, -0.2) is 24.1 Å². The molecule has 0 fully saturated rings. The summed E-state index contributed by atoms with van der Waals surface area (Å²) in [6, 6.07) is 11.7. The Bertz CT molecular complexity index is 1300. The second kappa shape index (κ2) is 9.60. The van der Waals surface area contributed by atoms with Crippen molar-refractivity contribution < 1.29 is 22.1 Å². The Kier molecular flexibility index (Phi) is 6.74. The smallest absolute Gasteiger partial charge is 0.270 e. The molecule has 1 aromatic heterocycles. The summed E-state index contributed by atoms with van der Waals surface area (Å²) in [5, 5.41) is 4.08. The monoisotopic (exact) mass is 483 g/mol. The molecular formula is C27H25F4N3O. The zero-order chi connectivity index (χ0) is 25.2. The number of allylic oxidation sites excluding steroid dienone is 2. The van der Waals surface area contributed by atoms with Crippen molar-refractivity contribution in [3.05, 3.63) is 88.8 Å². The van der Waals surface area contributed by atoms with Gasteiger partial charge >= 0.3 is 0 Å². The molecule has 4 nitrogen and oxygen atoms in total. The normalized spacial score (nSPS) is 19.6. The largest absolute Gasteiger partial charge is 0.356 e. The zero-order valence-corrected chi connectivity index (χ0v) is 19.7. The van der Waals surface area contributed by atoms with E-state index < -0.39 is 23.0 Å². The second-order valence-corrected chi connectivity index (χ2v) is 8.92. The van der Waals surface area contributed by atoms with E-state index in [0.717, 1.165) is 18.7 Å². The molecule has 2 heterocycles. The molecule has 0 aliphatic carbocycles. The highest BCUT2D eigenvalue weighted by Crippen LogP contribution is 2.39. The van der Waals surface area contributed by atoms with Crippen molar-refractivity contribution in [2.24, 2.45) is 15.4 Å². The van der Waals surface area contributed by atoms with Gasteiger partial charge in [-0.2, -0.15) is 0 Å². The van der Waals surface area contributed by atoms with Gasteiger partial charge in [0.25, 0.3) is 5.92 Å². The van der Waals surface area contributed by atoms with Crippen LogP contribution < -0.4 is 0 Å². The molecule has 2 aromatic carbocycles. The zero-order valence-electron chi connectivity index (χ0n) is 19.7. The van der Waals surface area contributed by atoms with Crippen LogP contribution in [-0.2, 0) is 12.3 Å². The minimum atomic E-state index is -2.90. The molecule has 8 heteroatoms. The minimum Gasteiger partial charge on any atom is -0.356 e. The van der Waals surface area contributed by atoms with Gasteiger partial charge in [0, 0.05) is 60.5 Å². The number of halogens is 4. The first kappa shape index (κ1) is 24.6. The maximum absolute atomic E-state index is 14.3. The average molecular weight is 484 g/mol. The highest BCUT2D eigenvalue weighted by Gasteiger charge is 2.36. The molecule has 35 heavy (non-hydrogen) atoms. The summed E-state index contributed by atoms with van der Waals surface area (Å²) in [6.07, 6.45) is 5.24. The predicted octanol–water partition coefficient (Wildman–Crippen LogP) is 7.15. The molecule has 0 N–H and O–H groups in total. The first-order valence-electron chi connectivity index (χ1n) is 11.2. The molecule has 182 valence electrons. The standard InChI is InChI=1S/C27H25F4N3O/c1-26(16-32-3)15-22(20-7-5-8-21(28)25(20)29)33-24(26)9-4-6-19-14-23(35-34-19)17-10-12-18(13-11-17)27(2,30)31/h5,7-14,16H,4,6,15H2,1-3H3/b24-9+,32-16?. The summed E-state index contributed by atoms with van der Waals surface area (Å²) >= 11 is 0. The van der Waals surface area contributed by atoms with Gasteiger partial charge < -0.3 is 4.52 Å². The fraction of sp³-hybridized carbons (Fsp3) is 0.296. The van der Waals surface area contributed by atoms with Gasteiger partial charge in [-0.1, -0.05) is 41.6 Å². The first-order chi connectivity index (χ1) is 16.6. The maximum Gasteiger partial charge on any atom is 0.270 e. The summed E-state index contributed by atoms with van der Waals surface area (Å²) in [5.41, 5.74) is 2.09. The molecule has 1 aliphatic heterocycles. The number of aromatic nitrogens is 1. The van der Waals surface area contributed by atoms with Crippen molar-refractivity contribution in [1.82, 2.24) is 5.16 Å². The Balaban J connectivity index is 1.50. The van der Waals surface area contributed by atoms with Gasteiger partial charge in [0.2, 0.25) is 0 Å². The summed E-state index contributed by atoms with van der Waals surface area (Å²) < 4.78 is 60.3. The number of benzene rings is 2. The van der Waals surface area contributed by atoms with Gasteiger partial charge in [-0.25, -0.2) is 17.6 Å². The van der Waals surface area contributed by atoms with Gasteiger partial charge in [-0.15, -0.1) is 0 Å². The lowest BCUT2D eigenvalue weighted by Gasteiger charge is -2.19. The van der Waals surface area contributed by atoms with E-state index in [0.29, 0.717) is 42.0 Å². The van der Waals surface area contributed by atoms with E-state index in [4.69, 9.17) is 4.52 Å². The fourth-order valence-corrected chi connectivity index (χ4v) is 4.16. The summed E-state index contributed by atoms with van der Waals surface area (Å²) in [4.78, 5) is 8.77. The van der Waals surface area contributed by atoms with Crippen LogP contribution in [0.2, 0.25) is 0 Å². The molecule has 0 saturated heterocycles. The number of nitrogens with zero attached hydrogens (tertiary/aromatic N) is 3. The van der Waals surface area contributed by atoms with Crippen LogP contribution in [0.1, 0.15) is 43.5 Å². The number of hydrogen-bond donors (Lipinski definition) is 0. The summed E-state index contributed by atoms with van der Waals surface area (Å²) in [5.74, 6) is -4.23.